The Kier molecular flexibility index (Phi) is 1.92. The molecule has 1 aliphatic carbocycles. The Labute approximate surface area is 81.3 Å². The number of nitrogens with zero attached hydrogens (tertiary/aromatic N) is 1. The highest BCUT2D eigenvalue weighted by atomic mass is 16.5. The molecule has 3 N–H and O–H groups in total. The first-order valence-electron chi connectivity index (χ1n) is 4.55. The number of hydrogen-bond acceptors (Lipinski definition) is 5. The van der Waals surface area contributed by atoms with Gasteiger partial charge in [-0.25, -0.2) is 0 Å². The van der Waals surface area contributed by atoms with Gasteiger partial charge in [-0.2, -0.15) is 0 Å². The monoisotopic (exact) mass is 199 g/mol. The van der Waals surface area contributed by atoms with Crippen molar-refractivity contribution < 1.29 is 20.1 Å². The van der Waals surface area contributed by atoms with E-state index in [9.17, 15) is 20.1 Å². The minimum absolute atomic E-state index is 0.160. The van der Waals surface area contributed by atoms with Gasteiger partial charge in [0, 0.05) is 5.92 Å². The molecular weight excluding hydrogens is 186 g/mol. The highest BCUT2D eigenvalue weighted by Gasteiger charge is 2.54. The van der Waals surface area contributed by atoms with Gasteiger partial charge in [-0.3, -0.25) is 9.69 Å². The molecule has 1 fully saturated rings. The van der Waals surface area contributed by atoms with Gasteiger partial charge in [0.25, 0.3) is 5.78 Å². The third-order valence-corrected chi connectivity index (χ3v) is 3.05. The van der Waals surface area contributed by atoms with Crippen LogP contribution in [0.5, 0.6) is 0 Å². The lowest BCUT2D eigenvalue weighted by Gasteiger charge is -2.36. The van der Waals surface area contributed by atoms with Crippen molar-refractivity contribution in [2.45, 2.75) is 18.2 Å². The largest absolute Gasteiger partial charge is 0.504 e. The average Bonchev–Trinajstić information content (AvgIpc) is 2.44. The van der Waals surface area contributed by atoms with Gasteiger partial charge in [-0.15, -0.1) is 0 Å². The summed E-state index contributed by atoms with van der Waals surface area (Å²) in [6.45, 7) is 0.690. The number of likely N-dealkylation sites (N-methyl/N-ethyl adjacent to an activating group) is 1. The molecule has 0 aromatic carbocycles. The van der Waals surface area contributed by atoms with E-state index < -0.39 is 23.4 Å². The van der Waals surface area contributed by atoms with E-state index in [1.807, 2.05) is 0 Å². The first-order chi connectivity index (χ1) is 6.44. The minimum Gasteiger partial charge on any atom is -0.504 e. The average molecular weight is 199 g/mol. The van der Waals surface area contributed by atoms with Crippen LogP contribution in [0.15, 0.2) is 11.8 Å². The van der Waals surface area contributed by atoms with Crippen LogP contribution in [0.1, 0.15) is 6.42 Å². The first-order valence-corrected chi connectivity index (χ1v) is 4.55. The molecule has 0 saturated carbocycles. The van der Waals surface area contributed by atoms with Crippen LogP contribution in [0, 0.1) is 5.92 Å². The molecule has 2 aliphatic rings. The summed E-state index contributed by atoms with van der Waals surface area (Å²) in [5.41, 5.74) is 0. The SMILES string of the molecule is CN1CCC2C=C(O)C(=O)C(O)(O)C21. The number of ketones is 1. The fourth-order valence-corrected chi connectivity index (χ4v) is 2.36. The van der Waals surface area contributed by atoms with Crippen LogP contribution in [-0.4, -0.2) is 51.4 Å². The summed E-state index contributed by atoms with van der Waals surface area (Å²) in [5, 5.41) is 28.5. The smallest absolute Gasteiger partial charge is 0.257 e. The first kappa shape index (κ1) is 9.64. The van der Waals surface area contributed by atoms with Gasteiger partial charge < -0.3 is 15.3 Å². The Morgan fingerprint density at radius 1 is 1.57 bits per heavy atom. The van der Waals surface area contributed by atoms with Crippen molar-refractivity contribution >= 4 is 5.78 Å². The number of carbonyl (C=O) groups is 1. The third kappa shape index (κ3) is 1.10. The summed E-state index contributed by atoms with van der Waals surface area (Å²) in [7, 11) is 1.73. The normalized spacial score (nSPS) is 36.8. The maximum absolute atomic E-state index is 11.3. The molecule has 5 heteroatoms. The summed E-state index contributed by atoms with van der Waals surface area (Å²) in [4.78, 5) is 13.0. The van der Waals surface area contributed by atoms with E-state index in [1.165, 1.54) is 6.08 Å². The van der Waals surface area contributed by atoms with Gasteiger partial charge in [0.1, 0.15) is 0 Å². The topological polar surface area (TPSA) is 81.0 Å². The Bertz CT molecular complexity index is 310. The predicted octanol–water partition coefficient (Wildman–Crippen LogP) is -0.988. The number of aliphatic hydroxyl groups is 3. The molecule has 14 heavy (non-hydrogen) atoms. The number of likely N-dealkylation sites (tertiary alicyclic amines) is 1. The number of carbonyl (C=O) groups excluding carboxylic acids is 1. The van der Waals surface area contributed by atoms with Crippen LogP contribution in [0.4, 0.5) is 0 Å². The molecule has 0 amide bonds. The fraction of sp³-hybridized carbons (Fsp3) is 0.667. The standard InChI is InChI=1S/C9H13NO4/c1-10-3-2-5-4-6(11)8(12)9(13,14)7(5)10/h4-5,7,11,13-14H,2-3H2,1H3. The van der Waals surface area contributed by atoms with Crippen LogP contribution >= 0.6 is 0 Å². The van der Waals surface area contributed by atoms with E-state index in [1.54, 1.807) is 11.9 Å². The lowest BCUT2D eigenvalue weighted by Crippen LogP contribution is -2.58. The Morgan fingerprint density at radius 3 is 2.86 bits per heavy atom. The Hall–Kier alpha value is -0.910. The maximum Gasteiger partial charge on any atom is 0.257 e. The molecule has 0 radical (unpaired) electrons. The number of hydrogen-bond donors (Lipinski definition) is 3. The number of fused-ring (bicyclic) bond motifs is 1. The van der Waals surface area contributed by atoms with Gasteiger partial charge >= 0.3 is 0 Å². The molecule has 2 rings (SSSR count). The van der Waals surface area contributed by atoms with Crippen LogP contribution in [0.25, 0.3) is 0 Å². The number of aliphatic hydroxyl groups excluding tert-OH is 1. The minimum atomic E-state index is -2.45. The second kappa shape index (κ2) is 2.79. The maximum atomic E-state index is 11.3. The summed E-state index contributed by atoms with van der Waals surface area (Å²) in [6, 6.07) is -0.633. The molecule has 0 aromatic rings. The van der Waals surface area contributed by atoms with Crippen molar-refractivity contribution in [2.24, 2.45) is 5.92 Å². The Morgan fingerprint density at radius 2 is 2.21 bits per heavy atom. The zero-order valence-corrected chi connectivity index (χ0v) is 7.84. The second-order valence-corrected chi connectivity index (χ2v) is 3.99. The Balaban J connectivity index is 2.43. The van der Waals surface area contributed by atoms with Crippen LogP contribution in [0.2, 0.25) is 0 Å². The van der Waals surface area contributed by atoms with Crippen molar-refractivity contribution in [2.75, 3.05) is 13.6 Å². The van der Waals surface area contributed by atoms with Crippen LogP contribution < -0.4 is 0 Å². The molecule has 78 valence electrons. The highest BCUT2D eigenvalue weighted by Crippen LogP contribution is 2.36. The summed E-state index contributed by atoms with van der Waals surface area (Å²) in [5.74, 6) is -4.15. The molecule has 1 saturated heterocycles. The lowest BCUT2D eigenvalue weighted by atomic mass is 9.84. The van der Waals surface area contributed by atoms with Crippen LogP contribution in [0.3, 0.4) is 0 Å². The fourth-order valence-electron chi connectivity index (χ4n) is 2.36. The van der Waals surface area contributed by atoms with Crippen molar-refractivity contribution in [1.29, 1.82) is 0 Å². The molecule has 0 bridgehead atoms. The van der Waals surface area contributed by atoms with Crippen LogP contribution in [-0.2, 0) is 4.79 Å². The zero-order valence-electron chi connectivity index (χ0n) is 7.84. The van der Waals surface area contributed by atoms with E-state index >= 15 is 0 Å². The number of rotatable bonds is 0. The highest BCUT2D eigenvalue weighted by molar-refractivity contribution is 6.00. The summed E-state index contributed by atoms with van der Waals surface area (Å²) < 4.78 is 0. The van der Waals surface area contributed by atoms with Gasteiger partial charge in [-0.1, -0.05) is 0 Å². The molecule has 0 aromatic heterocycles. The van der Waals surface area contributed by atoms with E-state index in [-0.39, 0.29) is 5.92 Å². The van der Waals surface area contributed by atoms with E-state index in [4.69, 9.17) is 0 Å². The molecule has 5 nitrogen and oxygen atoms in total. The quantitative estimate of drug-likeness (QED) is 0.436. The molecule has 0 spiro atoms. The van der Waals surface area contributed by atoms with Gasteiger partial charge in [0.2, 0.25) is 5.79 Å². The van der Waals surface area contributed by atoms with Crippen molar-refractivity contribution in [3.8, 4) is 0 Å². The van der Waals surface area contributed by atoms with E-state index in [0.717, 1.165) is 6.42 Å². The zero-order chi connectivity index (χ0) is 10.5. The third-order valence-electron chi connectivity index (χ3n) is 3.05. The molecule has 1 heterocycles. The van der Waals surface area contributed by atoms with E-state index in [2.05, 4.69) is 0 Å². The molecule has 2 atom stereocenters. The number of Topliss-reactive ketones (excluding diaryl/α,β-unsaturated/α-hetero) is 1. The van der Waals surface area contributed by atoms with Gasteiger partial charge in [0.15, 0.2) is 5.76 Å². The summed E-state index contributed by atoms with van der Waals surface area (Å²) in [6.07, 6.45) is 2.14. The second-order valence-electron chi connectivity index (χ2n) is 3.99. The molecular formula is C9H13NO4. The van der Waals surface area contributed by atoms with Crippen molar-refractivity contribution in [1.82, 2.24) is 4.90 Å². The van der Waals surface area contributed by atoms with Gasteiger partial charge in [0.05, 0.1) is 6.04 Å². The van der Waals surface area contributed by atoms with Gasteiger partial charge in [-0.05, 0) is 26.1 Å². The lowest BCUT2D eigenvalue weighted by molar-refractivity contribution is -0.206. The van der Waals surface area contributed by atoms with Crippen molar-refractivity contribution in [3.63, 3.8) is 0 Å². The summed E-state index contributed by atoms with van der Waals surface area (Å²) >= 11 is 0. The molecule has 1 aliphatic heterocycles. The molecule has 2 unspecified atom stereocenters. The van der Waals surface area contributed by atoms with Crippen molar-refractivity contribution in [3.05, 3.63) is 11.8 Å². The van der Waals surface area contributed by atoms with E-state index in [0.29, 0.717) is 6.54 Å². The predicted molar refractivity (Wildman–Crippen MR) is 47.4 cm³/mol.